The Balaban J connectivity index is 0.00000208. The van der Waals surface area contributed by atoms with E-state index in [9.17, 15) is 0 Å². The fourth-order valence-electron chi connectivity index (χ4n) is 7.65. The first kappa shape index (κ1) is 35.3. The third kappa shape index (κ3) is 7.03. The zero-order valence-corrected chi connectivity index (χ0v) is 32.0. The van der Waals surface area contributed by atoms with Crippen LogP contribution in [0, 0.1) is 0 Å². The van der Waals surface area contributed by atoms with Gasteiger partial charge in [0.25, 0.3) is 0 Å². The summed E-state index contributed by atoms with van der Waals surface area (Å²) in [7, 11) is 0. The molecule has 3 heteroatoms. The second-order valence-electron chi connectivity index (χ2n) is 13.9. The summed E-state index contributed by atoms with van der Waals surface area (Å²) < 4.78 is 2.39. The largest absolute Gasteiger partial charge is 0.309 e. The smallest absolute Gasteiger partial charge is 0.160 e. The van der Waals surface area contributed by atoms with Gasteiger partial charge in [-0.2, -0.15) is 0 Å². The van der Waals surface area contributed by atoms with E-state index >= 15 is 0 Å². The van der Waals surface area contributed by atoms with Crippen LogP contribution in [-0.4, -0.2) is 14.5 Å². The van der Waals surface area contributed by atoms with Crippen LogP contribution in [0.2, 0.25) is 0 Å². The van der Waals surface area contributed by atoms with Crippen molar-refractivity contribution in [2.45, 2.75) is 13.8 Å². The van der Waals surface area contributed by atoms with E-state index in [1.54, 1.807) is 0 Å². The Kier molecular flexibility index (Phi) is 9.79. The number of hydrogen-bond acceptors (Lipinski definition) is 2. The van der Waals surface area contributed by atoms with Crippen molar-refractivity contribution in [1.29, 1.82) is 0 Å². The number of rotatable bonds is 7. The molecule has 2 aromatic heterocycles. The van der Waals surface area contributed by atoms with Gasteiger partial charge in [0.05, 0.1) is 22.4 Å². The molecule has 0 saturated carbocycles. The highest BCUT2D eigenvalue weighted by Gasteiger charge is 2.16. The molecular formula is C54H41N3. The lowest BCUT2D eigenvalue weighted by Gasteiger charge is -2.12. The summed E-state index contributed by atoms with van der Waals surface area (Å²) in [4.78, 5) is 10.1. The molecule has 0 bridgehead atoms. The molecule has 0 N–H and O–H groups in total. The molecule has 0 radical (unpaired) electrons. The van der Waals surface area contributed by atoms with Gasteiger partial charge in [0.15, 0.2) is 5.82 Å². The summed E-state index contributed by atoms with van der Waals surface area (Å²) in [5, 5.41) is 2.47. The second-order valence-corrected chi connectivity index (χ2v) is 13.9. The monoisotopic (exact) mass is 731 g/mol. The molecule has 0 saturated heterocycles. The predicted molar refractivity (Wildman–Crippen MR) is 240 cm³/mol. The molecule has 2 heterocycles. The maximum Gasteiger partial charge on any atom is 0.160 e. The van der Waals surface area contributed by atoms with E-state index in [1.165, 1.54) is 44.1 Å². The van der Waals surface area contributed by atoms with Crippen LogP contribution in [0.5, 0.6) is 0 Å². The van der Waals surface area contributed by atoms with E-state index in [0.717, 1.165) is 44.9 Å². The highest BCUT2D eigenvalue weighted by Crippen LogP contribution is 2.38. The van der Waals surface area contributed by atoms with E-state index < -0.39 is 0 Å². The average molecular weight is 732 g/mol. The Morgan fingerprint density at radius 1 is 0.298 bits per heavy atom. The van der Waals surface area contributed by atoms with Gasteiger partial charge in [-0.1, -0.05) is 178 Å². The molecule has 0 spiro atoms. The summed E-state index contributed by atoms with van der Waals surface area (Å²) in [5.74, 6) is 0.713. The Bertz CT molecular complexity index is 2780. The molecule has 0 fully saturated rings. The van der Waals surface area contributed by atoms with Crippen LogP contribution in [0.15, 0.2) is 212 Å². The van der Waals surface area contributed by atoms with Crippen molar-refractivity contribution < 1.29 is 0 Å². The van der Waals surface area contributed by atoms with Crippen molar-refractivity contribution in [2.24, 2.45) is 0 Å². The third-order valence-corrected chi connectivity index (χ3v) is 10.4. The topological polar surface area (TPSA) is 30.7 Å². The highest BCUT2D eigenvalue weighted by atomic mass is 15.0. The van der Waals surface area contributed by atoms with Gasteiger partial charge in [-0.15, -0.1) is 0 Å². The van der Waals surface area contributed by atoms with Gasteiger partial charge in [-0.3, -0.25) is 0 Å². The number of benzene rings is 8. The lowest BCUT2D eigenvalue weighted by atomic mass is 10.00. The van der Waals surface area contributed by atoms with Crippen molar-refractivity contribution in [3.8, 4) is 73.0 Å². The second kappa shape index (κ2) is 15.8. The lowest BCUT2D eigenvalue weighted by Crippen LogP contribution is -1.96. The van der Waals surface area contributed by atoms with E-state index in [0.29, 0.717) is 5.82 Å². The number of aromatic nitrogens is 3. The minimum absolute atomic E-state index is 0.713. The summed E-state index contributed by atoms with van der Waals surface area (Å²) in [6.07, 6.45) is 0. The maximum atomic E-state index is 5.08. The van der Waals surface area contributed by atoms with Gasteiger partial charge in [0.2, 0.25) is 0 Å². The molecule has 8 aromatic carbocycles. The van der Waals surface area contributed by atoms with Crippen molar-refractivity contribution >= 4 is 21.8 Å². The van der Waals surface area contributed by atoms with Gasteiger partial charge >= 0.3 is 0 Å². The van der Waals surface area contributed by atoms with Crippen LogP contribution >= 0.6 is 0 Å². The van der Waals surface area contributed by atoms with E-state index in [-0.39, 0.29) is 0 Å². The molecule has 10 rings (SSSR count). The Morgan fingerprint density at radius 2 is 0.684 bits per heavy atom. The third-order valence-electron chi connectivity index (χ3n) is 10.4. The van der Waals surface area contributed by atoms with Gasteiger partial charge in [0, 0.05) is 33.2 Å². The first-order chi connectivity index (χ1) is 28.2. The van der Waals surface area contributed by atoms with Crippen molar-refractivity contribution in [1.82, 2.24) is 14.5 Å². The standard InChI is InChI=1S/C52H35N3.C2H6/c1-5-14-36(15-6-1)42-26-30-50-46(33-42)47-34-43(37-16-7-2-8-17-37)27-31-51(47)55(50)45-28-24-38(25-29-45)41-22-13-23-44(32-41)49-35-48(39-18-9-3-10-19-39)53-52(54-49)40-20-11-4-12-21-40;1-2/h1-35H;1-2H3. The molecule has 10 aromatic rings. The van der Waals surface area contributed by atoms with E-state index in [2.05, 4.69) is 180 Å². The van der Waals surface area contributed by atoms with Crippen LogP contribution < -0.4 is 0 Å². The summed E-state index contributed by atoms with van der Waals surface area (Å²) in [6, 6.07) is 75.2. The van der Waals surface area contributed by atoms with Crippen LogP contribution in [0.3, 0.4) is 0 Å². The predicted octanol–water partition coefficient (Wildman–Crippen LogP) is 14.6. The molecule has 0 aliphatic carbocycles. The quantitative estimate of drug-likeness (QED) is 0.163. The highest BCUT2D eigenvalue weighted by molar-refractivity contribution is 6.11. The van der Waals surface area contributed by atoms with Crippen molar-refractivity contribution in [3.05, 3.63) is 212 Å². The van der Waals surface area contributed by atoms with Gasteiger partial charge < -0.3 is 4.57 Å². The Morgan fingerprint density at radius 3 is 1.21 bits per heavy atom. The van der Waals surface area contributed by atoms with Crippen LogP contribution in [0.1, 0.15) is 13.8 Å². The average Bonchev–Trinajstić information content (AvgIpc) is 3.64. The van der Waals surface area contributed by atoms with E-state index in [1.807, 2.05) is 50.2 Å². The summed E-state index contributed by atoms with van der Waals surface area (Å²) in [6.45, 7) is 4.00. The minimum atomic E-state index is 0.713. The number of fused-ring (bicyclic) bond motifs is 3. The van der Waals surface area contributed by atoms with Crippen LogP contribution in [0.25, 0.3) is 94.8 Å². The zero-order valence-electron chi connectivity index (χ0n) is 32.0. The zero-order chi connectivity index (χ0) is 38.6. The molecule has 0 aliphatic rings. The van der Waals surface area contributed by atoms with Gasteiger partial charge in [0.1, 0.15) is 0 Å². The Hall–Kier alpha value is -7.36. The molecule has 272 valence electrons. The van der Waals surface area contributed by atoms with Gasteiger partial charge in [-0.25, -0.2) is 9.97 Å². The molecule has 0 amide bonds. The molecule has 0 atom stereocenters. The molecule has 0 unspecified atom stereocenters. The van der Waals surface area contributed by atoms with E-state index in [4.69, 9.17) is 9.97 Å². The number of nitrogens with zero attached hydrogens (tertiary/aromatic N) is 3. The maximum absolute atomic E-state index is 5.08. The number of hydrogen-bond donors (Lipinski definition) is 0. The SMILES string of the molecule is CC.c1ccc(-c2ccc3c(c2)c2cc(-c4ccccc4)ccc2n3-c2ccc(-c3cccc(-c4cc(-c5ccccc5)nc(-c5ccccc5)n4)c3)cc2)cc1. The molecule has 0 aliphatic heterocycles. The first-order valence-electron chi connectivity index (χ1n) is 19.7. The van der Waals surface area contributed by atoms with Gasteiger partial charge in [-0.05, 0) is 81.9 Å². The minimum Gasteiger partial charge on any atom is -0.309 e. The normalized spacial score (nSPS) is 11.0. The van der Waals surface area contributed by atoms with Crippen molar-refractivity contribution in [3.63, 3.8) is 0 Å². The molecular weight excluding hydrogens is 691 g/mol. The Labute approximate surface area is 334 Å². The van der Waals surface area contributed by atoms with Crippen LogP contribution in [0.4, 0.5) is 0 Å². The summed E-state index contributed by atoms with van der Waals surface area (Å²) in [5.41, 5.74) is 15.5. The molecule has 3 nitrogen and oxygen atoms in total. The first-order valence-corrected chi connectivity index (χ1v) is 19.7. The fraction of sp³-hybridized carbons (Fsp3) is 0.0370. The van der Waals surface area contributed by atoms with Crippen molar-refractivity contribution in [2.75, 3.05) is 0 Å². The summed E-state index contributed by atoms with van der Waals surface area (Å²) >= 11 is 0. The lowest BCUT2D eigenvalue weighted by molar-refractivity contribution is 1.18. The fourth-order valence-corrected chi connectivity index (χ4v) is 7.65. The molecule has 57 heavy (non-hydrogen) atoms. The van der Waals surface area contributed by atoms with Crippen LogP contribution in [-0.2, 0) is 0 Å².